The molecule has 3 nitrogen and oxygen atoms in total. The second-order valence-corrected chi connectivity index (χ2v) is 4.87. The Hall–Kier alpha value is -0.900. The zero-order valence-corrected chi connectivity index (χ0v) is 11.0. The highest BCUT2D eigenvalue weighted by Crippen LogP contribution is 2.25. The number of ketones is 1. The highest BCUT2D eigenvalue weighted by atomic mass is 79.9. The van der Waals surface area contributed by atoms with Gasteiger partial charge in [-0.3, -0.25) is 9.48 Å². The minimum atomic E-state index is 0.135. The Morgan fingerprint density at radius 2 is 2.44 bits per heavy atom. The Morgan fingerprint density at radius 3 is 3.06 bits per heavy atom. The molecule has 0 saturated heterocycles. The third-order valence-corrected chi connectivity index (χ3v) is 3.36. The van der Waals surface area contributed by atoms with Crippen molar-refractivity contribution in [1.82, 2.24) is 9.78 Å². The molecule has 0 unspecified atom stereocenters. The number of Topliss-reactive ketones (excluding diaryl/α,β-unsaturated/α-hetero) is 1. The van der Waals surface area contributed by atoms with Crippen molar-refractivity contribution in [1.29, 1.82) is 0 Å². The van der Waals surface area contributed by atoms with Crippen molar-refractivity contribution >= 4 is 21.7 Å². The number of hydrogen-bond acceptors (Lipinski definition) is 2. The van der Waals surface area contributed by atoms with E-state index in [1.54, 1.807) is 10.9 Å². The van der Waals surface area contributed by atoms with Crippen LogP contribution in [0.3, 0.4) is 0 Å². The Morgan fingerprint density at radius 1 is 1.62 bits per heavy atom. The molecule has 0 aliphatic heterocycles. The van der Waals surface area contributed by atoms with Gasteiger partial charge in [-0.2, -0.15) is 5.10 Å². The number of carbonyl (C=O) groups is 1. The van der Waals surface area contributed by atoms with Gasteiger partial charge in [0.15, 0.2) is 0 Å². The first-order valence-corrected chi connectivity index (χ1v) is 6.48. The summed E-state index contributed by atoms with van der Waals surface area (Å²) < 4.78 is 2.60. The quantitative estimate of drug-likeness (QED) is 0.794. The van der Waals surface area contributed by atoms with Crippen molar-refractivity contribution in [3.8, 4) is 0 Å². The van der Waals surface area contributed by atoms with E-state index in [2.05, 4.69) is 34.0 Å². The average Bonchev–Trinajstić information content (AvgIpc) is 2.88. The second kappa shape index (κ2) is 4.95. The fourth-order valence-corrected chi connectivity index (χ4v) is 2.48. The Balaban J connectivity index is 2.31. The van der Waals surface area contributed by atoms with Crippen molar-refractivity contribution in [3.63, 3.8) is 0 Å². The summed E-state index contributed by atoms with van der Waals surface area (Å²) in [4.78, 5) is 12.3. The topological polar surface area (TPSA) is 34.9 Å². The molecule has 0 amide bonds. The van der Waals surface area contributed by atoms with Gasteiger partial charge in [-0.15, -0.1) is 0 Å². The molecule has 4 heteroatoms. The molecule has 0 N–H and O–H groups in total. The van der Waals surface area contributed by atoms with Crippen LogP contribution in [0.25, 0.3) is 0 Å². The zero-order chi connectivity index (χ0) is 11.5. The van der Waals surface area contributed by atoms with Gasteiger partial charge in [0.05, 0.1) is 10.7 Å². The number of halogens is 1. The molecular formula is C12H15BrN2O. The number of aryl methyl sites for hydroxylation is 1. The molecule has 0 aromatic carbocycles. The fourth-order valence-electron chi connectivity index (χ4n) is 2.00. The maximum atomic E-state index is 12.3. The Labute approximate surface area is 104 Å². The van der Waals surface area contributed by atoms with Crippen LogP contribution in [0, 0.1) is 0 Å². The minimum Gasteiger partial charge on any atom is -0.287 e. The first-order chi connectivity index (χ1) is 7.74. The van der Waals surface area contributed by atoms with E-state index in [1.807, 2.05) is 0 Å². The number of aromatic nitrogens is 2. The molecule has 1 aliphatic rings. The van der Waals surface area contributed by atoms with Crippen LogP contribution >= 0.6 is 15.9 Å². The van der Waals surface area contributed by atoms with Crippen LogP contribution in [-0.4, -0.2) is 15.6 Å². The van der Waals surface area contributed by atoms with Crippen LogP contribution in [0.1, 0.15) is 43.1 Å². The van der Waals surface area contributed by atoms with Gasteiger partial charge < -0.3 is 0 Å². The third kappa shape index (κ3) is 2.12. The van der Waals surface area contributed by atoms with Gasteiger partial charge in [-0.05, 0) is 47.2 Å². The number of rotatable bonds is 4. The summed E-state index contributed by atoms with van der Waals surface area (Å²) in [5.41, 5.74) is 1.65. The first-order valence-electron chi connectivity index (χ1n) is 5.69. The maximum absolute atomic E-state index is 12.3. The van der Waals surface area contributed by atoms with E-state index in [9.17, 15) is 4.79 Å². The maximum Gasteiger partial charge on any atom is 0.207 e. The zero-order valence-electron chi connectivity index (χ0n) is 9.37. The van der Waals surface area contributed by atoms with Crippen LogP contribution < -0.4 is 0 Å². The summed E-state index contributed by atoms with van der Waals surface area (Å²) >= 11 is 3.40. The lowest BCUT2D eigenvalue weighted by atomic mass is 10.1. The molecule has 16 heavy (non-hydrogen) atoms. The fraction of sp³-hybridized carbons (Fsp3) is 0.500. The van der Waals surface area contributed by atoms with Crippen LogP contribution in [0.4, 0.5) is 0 Å². The van der Waals surface area contributed by atoms with Gasteiger partial charge >= 0.3 is 0 Å². The van der Waals surface area contributed by atoms with Crippen molar-refractivity contribution in [3.05, 3.63) is 28.0 Å². The van der Waals surface area contributed by atoms with Gasteiger partial charge in [-0.25, -0.2) is 0 Å². The molecule has 2 rings (SSSR count). The van der Waals surface area contributed by atoms with Gasteiger partial charge in [0.25, 0.3) is 0 Å². The van der Waals surface area contributed by atoms with Crippen molar-refractivity contribution in [2.75, 3.05) is 0 Å². The van der Waals surface area contributed by atoms with Gasteiger partial charge in [0.1, 0.15) is 5.69 Å². The summed E-state index contributed by atoms with van der Waals surface area (Å²) in [7, 11) is 0. The second-order valence-electron chi connectivity index (χ2n) is 4.01. The van der Waals surface area contributed by atoms with Crippen LogP contribution in [0.2, 0.25) is 0 Å². The molecule has 1 heterocycles. The largest absolute Gasteiger partial charge is 0.287 e. The first kappa shape index (κ1) is 11.6. The van der Waals surface area contributed by atoms with Crippen molar-refractivity contribution < 1.29 is 4.79 Å². The van der Waals surface area contributed by atoms with E-state index < -0.39 is 0 Å². The molecule has 0 radical (unpaired) electrons. The molecule has 1 aromatic rings. The minimum absolute atomic E-state index is 0.135. The SMILES string of the molecule is CCCn1ncc(Br)c1C(=O)C1=CCCC1. The lowest BCUT2D eigenvalue weighted by Crippen LogP contribution is -2.12. The summed E-state index contributed by atoms with van der Waals surface area (Å²) in [6.45, 7) is 2.87. The number of allylic oxidation sites excluding steroid dienone is 2. The van der Waals surface area contributed by atoms with Gasteiger partial charge in [0.2, 0.25) is 5.78 Å². The van der Waals surface area contributed by atoms with E-state index in [-0.39, 0.29) is 5.78 Å². The smallest absolute Gasteiger partial charge is 0.207 e. The summed E-state index contributed by atoms with van der Waals surface area (Å²) in [6, 6.07) is 0. The monoisotopic (exact) mass is 282 g/mol. The normalized spacial score (nSPS) is 15.2. The van der Waals surface area contributed by atoms with E-state index >= 15 is 0 Å². The molecule has 0 atom stereocenters. The van der Waals surface area contributed by atoms with Crippen LogP contribution in [-0.2, 0) is 6.54 Å². The predicted octanol–water partition coefficient (Wildman–Crippen LogP) is 3.35. The van der Waals surface area contributed by atoms with Crippen LogP contribution in [0.5, 0.6) is 0 Å². The number of nitrogens with zero attached hydrogens (tertiary/aromatic N) is 2. The third-order valence-electron chi connectivity index (χ3n) is 2.78. The van der Waals surface area contributed by atoms with Gasteiger partial charge in [0, 0.05) is 6.54 Å². The number of hydrogen-bond donors (Lipinski definition) is 0. The van der Waals surface area contributed by atoms with Gasteiger partial charge in [-0.1, -0.05) is 13.0 Å². The standard InChI is InChI=1S/C12H15BrN2O/c1-2-7-15-11(10(13)8-14-15)12(16)9-5-3-4-6-9/h5,8H,2-4,6-7H2,1H3. The molecule has 0 saturated carbocycles. The van der Waals surface area contributed by atoms with E-state index in [0.717, 1.165) is 42.3 Å². The molecule has 86 valence electrons. The summed E-state index contributed by atoms with van der Waals surface area (Å²) in [6.07, 6.45) is 7.77. The highest BCUT2D eigenvalue weighted by Gasteiger charge is 2.21. The summed E-state index contributed by atoms with van der Waals surface area (Å²) in [5, 5.41) is 4.22. The Bertz CT molecular complexity index is 434. The molecular weight excluding hydrogens is 268 g/mol. The van der Waals surface area contributed by atoms with Crippen molar-refractivity contribution in [2.45, 2.75) is 39.2 Å². The molecule has 0 bridgehead atoms. The molecule has 0 spiro atoms. The van der Waals surface area contributed by atoms with E-state index in [4.69, 9.17) is 0 Å². The highest BCUT2D eigenvalue weighted by molar-refractivity contribution is 9.10. The Kier molecular flexibility index (Phi) is 3.59. The summed E-state index contributed by atoms with van der Waals surface area (Å²) in [5.74, 6) is 0.135. The van der Waals surface area contributed by atoms with Crippen molar-refractivity contribution in [2.24, 2.45) is 0 Å². The van der Waals surface area contributed by atoms with E-state index in [1.165, 1.54) is 0 Å². The molecule has 0 fully saturated rings. The lowest BCUT2D eigenvalue weighted by Gasteiger charge is -2.06. The van der Waals surface area contributed by atoms with E-state index in [0.29, 0.717) is 5.69 Å². The number of carbonyl (C=O) groups excluding carboxylic acids is 1. The lowest BCUT2D eigenvalue weighted by molar-refractivity contribution is 0.102. The predicted molar refractivity (Wildman–Crippen MR) is 66.5 cm³/mol. The average molecular weight is 283 g/mol. The molecule has 1 aliphatic carbocycles. The van der Waals surface area contributed by atoms with Crippen LogP contribution in [0.15, 0.2) is 22.3 Å². The molecule has 1 aromatic heterocycles.